The monoisotopic (exact) mass is 542 g/mol. The van der Waals surface area contributed by atoms with Gasteiger partial charge in [-0.2, -0.15) is 18.4 Å². The van der Waals surface area contributed by atoms with E-state index in [2.05, 4.69) is 15.2 Å². The third-order valence-corrected chi connectivity index (χ3v) is 6.28. The van der Waals surface area contributed by atoms with E-state index in [1.165, 1.54) is 31.5 Å². The average Bonchev–Trinajstić information content (AvgIpc) is 2.92. The van der Waals surface area contributed by atoms with E-state index in [1.54, 1.807) is 17.0 Å². The van der Waals surface area contributed by atoms with Crippen molar-refractivity contribution in [3.05, 3.63) is 64.2 Å². The van der Waals surface area contributed by atoms with Crippen LogP contribution in [0.25, 0.3) is 10.9 Å². The molecule has 1 aromatic heterocycles. The predicted octanol–water partition coefficient (Wildman–Crippen LogP) is 2.19. The molecule has 0 radical (unpaired) electrons. The largest absolute Gasteiger partial charge is 0.484 e. The Kier molecular flexibility index (Phi) is 8.04. The Bertz CT molecular complexity index is 1490. The second kappa shape index (κ2) is 11.4. The fourth-order valence-electron chi connectivity index (χ4n) is 4.20. The van der Waals surface area contributed by atoms with Crippen LogP contribution in [0.1, 0.15) is 18.1 Å². The molecule has 204 valence electrons. The summed E-state index contributed by atoms with van der Waals surface area (Å²) in [6.45, 7) is 1.83. The number of halogens is 3. The summed E-state index contributed by atoms with van der Waals surface area (Å²) in [6.07, 6.45) is -3.31. The van der Waals surface area contributed by atoms with Crippen LogP contribution in [-0.2, 0) is 22.7 Å². The Morgan fingerprint density at radius 1 is 1.13 bits per heavy atom. The van der Waals surface area contributed by atoms with Crippen LogP contribution in [-0.4, -0.2) is 65.2 Å². The van der Waals surface area contributed by atoms with Gasteiger partial charge in [-0.15, -0.1) is 0 Å². The maximum absolute atomic E-state index is 13.1. The summed E-state index contributed by atoms with van der Waals surface area (Å²) in [7, 11) is 0. The van der Waals surface area contributed by atoms with Gasteiger partial charge in [0.15, 0.2) is 6.61 Å². The number of alkyl halides is 3. The average molecular weight is 543 g/mol. The molecule has 39 heavy (non-hydrogen) atoms. The number of hydrogen-bond acceptors (Lipinski definition) is 7. The van der Waals surface area contributed by atoms with Crippen molar-refractivity contribution in [2.75, 3.05) is 37.7 Å². The Morgan fingerprint density at radius 2 is 1.87 bits per heavy atom. The highest BCUT2D eigenvalue weighted by atomic mass is 19.4. The van der Waals surface area contributed by atoms with Gasteiger partial charge in [0.25, 0.3) is 5.56 Å². The van der Waals surface area contributed by atoms with Gasteiger partial charge in [0, 0.05) is 50.9 Å². The number of ether oxygens (including phenoxy) is 1. The van der Waals surface area contributed by atoms with Gasteiger partial charge in [-0.05, 0) is 30.3 Å². The fourth-order valence-corrected chi connectivity index (χ4v) is 4.20. The molecule has 0 atom stereocenters. The zero-order valence-electron chi connectivity index (χ0n) is 21.0. The van der Waals surface area contributed by atoms with E-state index in [4.69, 9.17) is 10.00 Å². The zero-order chi connectivity index (χ0) is 28.2. The molecule has 1 fully saturated rings. The molecule has 1 N–H and O–H groups in total. The molecule has 1 saturated heterocycles. The van der Waals surface area contributed by atoms with Crippen LogP contribution in [0, 0.1) is 11.3 Å². The molecule has 0 unspecified atom stereocenters. The number of carbonyl (C=O) groups excluding carboxylic acids is 2. The number of nitrogens with zero attached hydrogens (tertiary/aromatic N) is 5. The minimum Gasteiger partial charge on any atom is -0.484 e. The third-order valence-electron chi connectivity index (χ3n) is 6.28. The van der Waals surface area contributed by atoms with Crippen LogP contribution in [0.5, 0.6) is 5.75 Å². The summed E-state index contributed by atoms with van der Waals surface area (Å²) < 4.78 is 43.8. The number of piperazine rings is 1. The number of aromatic nitrogens is 2. The highest BCUT2D eigenvalue weighted by Gasteiger charge is 2.29. The summed E-state index contributed by atoms with van der Waals surface area (Å²) in [6, 6.07) is 11.1. The van der Waals surface area contributed by atoms with Crippen molar-refractivity contribution in [3.63, 3.8) is 0 Å². The molecular weight excluding hydrogens is 517 g/mol. The minimum absolute atomic E-state index is 0.0164. The number of rotatable bonds is 7. The first-order valence-electron chi connectivity index (χ1n) is 12.0. The Morgan fingerprint density at radius 3 is 2.54 bits per heavy atom. The van der Waals surface area contributed by atoms with E-state index in [9.17, 15) is 27.6 Å². The molecule has 3 aromatic rings. The lowest BCUT2D eigenvalue weighted by molar-refractivity contribution is -0.153. The first kappa shape index (κ1) is 27.4. The number of anilines is 1. The van der Waals surface area contributed by atoms with E-state index in [0.717, 1.165) is 10.3 Å². The van der Waals surface area contributed by atoms with Gasteiger partial charge in [0.1, 0.15) is 12.3 Å². The van der Waals surface area contributed by atoms with Crippen molar-refractivity contribution in [1.82, 2.24) is 19.8 Å². The summed E-state index contributed by atoms with van der Waals surface area (Å²) in [5, 5.41) is 11.9. The Labute approximate surface area is 221 Å². The van der Waals surface area contributed by atoms with Crippen molar-refractivity contribution in [1.29, 1.82) is 5.26 Å². The van der Waals surface area contributed by atoms with E-state index in [1.807, 2.05) is 12.1 Å². The maximum Gasteiger partial charge on any atom is 0.422 e. The van der Waals surface area contributed by atoms with Gasteiger partial charge < -0.3 is 19.9 Å². The van der Waals surface area contributed by atoms with E-state index < -0.39 is 24.2 Å². The van der Waals surface area contributed by atoms with Gasteiger partial charge in [0.05, 0.1) is 28.9 Å². The van der Waals surface area contributed by atoms with Crippen LogP contribution >= 0.6 is 0 Å². The summed E-state index contributed by atoms with van der Waals surface area (Å²) >= 11 is 0. The number of nitrogens with one attached hydrogen (secondary N) is 1. The molecule has 2 aromatic carbocycles. The van der Waals surface area contributed by atoms with E-state index >= 15 is 0 Å². The van der Waals surface area contributed by atoms with Crippen molar-refractivity contribution in [2.45, 2.75) is 26.2 Å². The van der Waals surface area contributed by atoms with Crippen LogP contribution in [0.15, 0.2) is 47.5 Å². The molecule has 1 aliphatic heterocycles. The summed E-state index contributed by atoms with van der Waals surface area (Å²) in [4.78, 5) is 45.4. The molecule has 0 aliphatic carbocycles. The number of hydrogen-bond donors (Lipinski definition) is 1. The number of amides is 2. The van der Waals surface area contributed by atoms with Crippen molar-refractivity contribution >= 4 is 28.4 Å². The lowest BCUT2D eigenvalue weighted by Gasteiger charge is -2.35. The highest BCUT2D eigenvalue weighted by Crippen LogP contribution is 2.24. The topological polar surface area (TPSA) is 121 Å². The quantitative estimate of drug-likeness (QED) is 0.486. The standard InChI is InChI=1S/C26H25F3N6O4/c1-17(36)33-6-8-34(9-7-33)20-4-5-22-21(11-20)25(38)35(16-32-22)14-24(37)31-13-19-3-2-18(12-30)10-23(19)39-15-26(27,28)29/h2-5,10-11,16H,6-9,13-15H2,1H3,(H,31,37). The minimum atomic E-state index is -4.57. The number of fused-ring (bicyclic) bond motifs is 1. The maximum atomic E-state index is 13.1. The van der Waals surface area contributed by atoms with E-state index in [0.29, 0.717) is 37.1 Å². The second-order valence-corrected chi connectivity index (χ2v) is 8.99. The molecule has 2 heterocycles. The Hall–Kier alpha value is -4.60. The van der Waals surface area contributed by atoms with Crippen LogP contribution in [0.2, 0.25) is 0 Å². The van der Waals surface area contributed by atoms with Crippen LogP contribution in [0.4, 0.5) is 18.9 Å². The van der Waals surface area contributed by atoms with Gasteiger partial charge in [-0.25, -0.2) is 4.98 Å². The van der Waals surface area contributed by atoms with E-state index in [-0.39, 0.29) is 35.9 Å². The molecule has 1 aliphatic rings. The van der Waals surface area contributed by atoms with Gasteiger partial charge in [0.2, 0.25) is 11.8 Å². The second-order valence-electron chi connectivity index (χ2n) is 8.99. The highest BCUT2D eigenvalue weighted by molar-refractivity contribution is 5.82. The molecule has 0 bridgehead atoms. The Balaban J connectivity index is 1.45. The SMILES string of the molecule is CC(=O)N1CCN(c2ccc3ncn(CC(=O)NCc4ccc(C#N)cc4OCC(F)(F)F)c(=O)c3c2)CC1. The number of nitriles is 1. The normalized spacial score (nSPS) is 13.7. The summed E-state index contributed by atoms with van der Waals surface area (Å²) in [5.74, 6) is -0.725. The summed E-state index contributed by atoms with van der Waals surface area (Å²) in [5.41, 5.74) is 1.19. The smallest absolute Gasteiger partial charge is 0.422 e. The molecule has 10 nitrogen and oxygen atoms in total. The molecule has 4 rings (SSSR count). The predicted molar refractivity (Wildman–Crippen MR) is 135 cm³/mol. The lowest BCUT2D eigenvalue weighted by Crippen LogP contribution is -2.48. The lowest BCUT2D eigenvalue weighted by atomic mass is 10.1. The van der Waals surface area contributed by atoms with Gasteiger partial charge >= 0.3 is 6.18 Å². The molecule has 13 heteroatoms. The first-order chi connectivity index (χ1) is 18.5. The third kappa shape index (κ3) is 6.84. The van der Waals surface area contributed by atoms with Crippen molar-refractivity contribution in [3.8, 4) is 11.8 Å². The molecule has 0 spiro atoms. The molecule has 0 saturated carbocycles. The van der Waals surface area contributed by atoms with Crippen LogP contribution < -0.4 is 20.5 Å². The fraction of sp³-hybridized carbons (Fsp3) is 0.346. The number of benzene rings is 2. The number of carbonyl (C=O) groups is 2. The van der Waals surface area contributed by atoms with Crippen LogP contribution in [0.3, 0.4) is 0 Å². The molecular formula is C26H25F3N6O4. The van der Waals surface area contributed by atoms with Crippen molar-refractivity contribution < 1.29 is 27.5 Å². The molecule has 2 amide bonds. The first-order valence-corrected chi connectivity index (χ1v) is 12.0. The van der Waals surface area contributed by atoms with Gasteiger partial charge in [-0.3, -0.25) is 19.0 Å². The van der Waals surface area contributed by atoms with Crippen molar-refractivity contribution in [2.24, 2.45) is 0 Å². The van der Waals surface area contributed by atoms with Gasteiger partial charge in [-0.1, -0.05) is 6.07 Å². The zero-order valence-corrected chi connectivity index (χ0v) is 21.0.